The second-order valence-electron chi connectivity index (χ2n) is 7.05. The Bertz CT molecular complexity index is 599. The fourth-order valence-electron chi connectivity index (χ4n) is 3.08. The van der Waals surface area contributed by atoms with E-state index in [0.717, 1.165) is 24.2 Å². The van der Waals surface area contributed by atoms with Gasteiger partial charge in [-0.3, -0.25) is 0 Å². The normalized spacial score (nSPS) is 27.9. The van der Waals surface area contributed by atoms with Crippen molar-refractivity contribution in [1.82, 2.24) is 15.3 Å². The number of rotatable bonds is 1. The lowest BCUT2D eigenvalue weighted by Gasteiger charge is -2.41. The maximum Gasteiger partial charge on any atom is 0.132 e. The highest BCUT2D eigenvalue weighted by Crippen LogP contribution is 2.35. The molecule has 0 saturated carbocycles. The van der Waals surface area contributed by atoms with Crippen LogP contribution in [0.3, 0.4) is 0 Å². The van der Waals surface area contributed by atoms with E-state index in [2.05, 4.69) is 49.4 Å². The molecule has 0 aromatic carbocycles. The van der Waals surface area contributed by atoms with E-state index in [-0.39, 0.29) is 5.41 Å². The Hall–Kier alpha value is -1.00. The summed E-state index contributed by atoms with van der Waals surface area (Å²) in [6.45, 7) is 9.20. The molecule has 3 heterocycles. The minimum absolute atomic E-state index is 0.277. The van der Waals surface area contributed by atoms with Crippen LogP contribution in [-0.2, 0) is 0 Å². The average Bonchev–Trinajstić information content (AvgIpc) is 2.84. The standard InChI is InChI=1S/C16H23N3S/c1-10-7-11(8-14(18-10)16(2,3)4)15-17-9-13-12(19-15)5-6-20-13/h5-6,9-11,14,18H,7-8H2,1-4H3. The molecule has 1 aliphatic heterocycles. The molecule has 3 rings (SSSR count). The third kappa shape index (κ3) is 2.72. The molecule has 1 fully saturated rings. The summed E-state index contributed by atoms with van der Waals surface area (Å²) in [5.74, 6) is 1.50. The van der Waals surface area contributed by atoms with Crippen LogP contribution in [0.4, 0.5) is 0 Å². The van der Waals surface area contributed by atoms with Gasteiger partial charge in [-0.15, -0.1) is 11.3 Å². The van der Waals surface area contributed by atoms with Crippen LogP contribution in [0.2, 0.25) is 0 Å². The summed E-state index contributed by atoms with van der Waals surface area (Å²) in [7, 11) is 0. The Morgan fingerprint density at radius 3 is 2.85 bits per heavy atom. The van der Waals surface area contributed by atoms with Crippen LogP contribution in [-0.4, -0.2) is 22.1 Å². The molecule has 2 aromatic heterocycles. The number of hydrogen-bond acceptors (Lipinski definition) is 4. The van der Waals surface area contributed by atoms with Crippen LogP contribution >= 0.6 is 11.3 Å². The molecule has 0 bridgehead atoms. The van der Waals surface area contributed by atoms with Crippen LogP contribution in [0.25, 0.3) is 10.2 Å². The van der Waals surface area contributed by atoms with Crippen LogP contribution in [0.15, 0.2) is 17.6 Å². The first-order valence-electron chi connectivity index (χ1n) is 7.39. The minimum atomic E-state index is 0.277. The lowest BCUT2D eigenvalue weighted by Crippen LogP contribution is -2.50. The van der Waals surface area contributed by atoms with Crippen molar-refractivity contribution in [2.75, 3.05) is 0 Å². The second-order valence-corrected chi connectivity index (χ2v) is 8.00. The first kappa shape index (κ1) is 14.0. The molecule has 1 aliphatic rings. The number of fused-ring (bicyclic) bond motifs is 1. The third-order valence-corrected chi connectivity index (χ3v) is 5.12. The van der Waals surface area contributed by atoms with Crippen LogP contribution in [0.1, 0.15) is 52.3 Å². The molecule has 0 spiro atoms. The molecular formula is C16H23N3S. The number of piperidine rings is 1. The Morgan fingerprint density at radius 2 is 2.10 bits per heavy atom. The van der Waals surface area contributed by atoms with Crippen molar-refractivity contribution in [3.05, 3.63) is 23.5 Å². The minimum Gasteiger partial charge on any atom is -0.311 e. The Morgan fingerprint density at radius 1 is 1.30 bits per heavy atom. The quantitative estimate of drug-likeness (QED) is 0.863. The highest BCUT2D eigenvalue weighted by molar-refractivity contribution is 7.17. The zero-order chi connectivity index (χ0) is 14.3. The molecule has 2 aromatic rings. The summed E-state index contributed by atoms with van der Waals surface area (Å²) >= 11 is 1.71. The summed E-state index contributed by atoms with van der Waals surface area (Å²) in [6.07, 6.45) is 4.24. The Balaban J connectivity index is 1.88. The molecule has 0 aliphatic carbocycles. The molecule has 3 unspecified atom stereocenters. The van der Waals surface area contributed by atoms with E-state index in [4.69, 9.17) is 4.98 Å². The number of nitrogens with one attached hydrogen (secondary N) is 1. The predicted molar refractivity (Wildman–Crippen MR) is 85.2 cm³/mol. The van der Waals surface area contributed by atoms with Crippen LogP contribution in [0, 0.1) is 5.41 Å². The molecule has 1 saturated heterocycles. The summed E-state index contributed by atoms with van der Waals surface area (Å²) < 4.78 is 1.18. The van der Waals surface area contributed by atoms with Gasteiger partial charge < -0.3 is 5.32 Å². The highest BCUT2D eigenvalue weighted by atomic mass is 32.1. The maximum atomic E-state index is 4.78. The SMILES string of the molecule is CC1CC(c2ncc3sccc3n2)CC(C(C)(C)C)N1. The first-order chi connectivity index (χ1) is 9.43. The Labute approximate surface area is 124 Å². The largest absolute Gasteiger partial charge is 0.311 e. The lowest BCUT2D eigenvalue weighted by molar-refractivity contribution is 0.180. The number of thiophene rings is 1. The monoisotopic (exact) mass is 289 g/mol. The first-order valence-corrected chi connectivity index (χ1v) is 8.27. The van der Waals surface area contributed by atoms with Gasteiger partial charge in [0.05, 0.1) is 10.2 Å². The number of nitrogens with zero attached hydrogens (tertiary/aromatic N) is 2. The third-order valence-electron chi connectivity index (χ3n) is 4.28. The van der Waals surface area contributed by atoms with Gasteiger partial charge in [-0.2, -0.15) is 0 Å². The molecule has 20 heavy (non-hydrogen) atoms. The van der Waals surface area contributed by atoms with Crippen molar-refractivity contribution in [3.63, 3.8) is 0 Å². The van der Waals surface area contributed by atoms with Gasteiger partial charge in [0.15, 0.2) is 0 Å². The van der Waals surface area contributed by atoms with Crippen LogP contribution < -0.4 is 5.32 Å². The van der Waals surface area contributed by atoms with E-state index >= 15 is 0 Å². The van der Waals surface area contributed by atoms with Gasteiger partial charge >= 0.3 is 0 Å². The van der Waals surface area contributed by atoms with Gasteiger partial charge in [0.1, 0.15) is 5.82 Å². The van der Waals surface area contributed by atoms with E-state index < -0.39 is 0 Å². The van der Waals surface area contributed by atoms with Crippen molar-refractivity contribution in [3.8, 4) is 0 Å². The van der Waals surface area contributed by atoms with Gasteiger partial charge in [0, 0.05) is 24.2 Å². The molecule has 1 N–H and O–H groups in total. The van der Waals surface area contributed by atoms with E-state index in [1.165, 1.54) is 4.70 Å². The molecule has 3 nitrogen and oxygen atoms in total. The van der Waals surface area contributed by atoms with E-state index in [1.54, 1.807) is 11.3 Å². The van der Waals surface area contributed by atoms with E-state index in [0.29, 0.717) is 18.0 Å². The summed E-state index contributed by atoms with van der Waals surface area (Å²) in [4.78, 5) is 9.41. The summed E-state index contributed by atoms with van der Waals surface area (Å²) in [5, 5.41) is 5.82. The van der Waals surface area contributed by atoms with Crippen molar-refractivity contribution in [2.24, 2.45) is 5.41 Å². The number of aromatic nitrogens is 2. The zero-order valence-corrected chi connectivity index (χ0v) is 13.5. The van der Waals surface area contributed by atoms with Crippen molar-refractivity contribution in [1.29, 1.82) is 0 Å². The zero-order valence-electron chi connectivity index (χ0n) is 12.7. The second kappa shape index (κ2) is 5.08. The van der Waals surface area contributed by atoms with Gasteiger partial charge in [0.25, 0.3) is 0 Å². The van der Waals surface area contributed by atoms with Gasteiger partial charge in [-0.1, -0.05) is 20.8 Å². The fraction of sp³-hybridized carbons (Fsp3) is 0.625. The van der Waals surface area contributed by atoms with E-state index in [1.807, 2.05) is 6.20 Å². The van der Waals surface area contributed by atoms with Crippen LogP contribution in [0.5, 0.6) is 0 Å². The van der Waals surface area contributed by atoms with Crippen molar-refractivity contribution >= 4 is 21.6 Å². The smallest absolute Gasteiger partial charge is 0.132 e. The van der Waals surface area contributed by atoms with Gasteiger partial charge in [-0.05, 0) is 36.6 Å². The topological polar surface area (TPSA) is 37.8 Å². The number of hydrogen-bond donors (Lipinski definition) is 1. The summed E-state index contributed by atoms with van der Waals surface area (Å²) in [6, 6.07) is 3.15. The average molecular weight is 289 g/mol. The molecule has 0 radical (unpaired) electrons. The fourth-order valence-corrected chi connectivity index (χ4v) is 3.77. The highest BCUT2D eigenvalue weighted by Gasteiger charge is 2.34. The molecule has 3 atom stereocenters. The molecule has 0 amide bonds. The predicted octanol–water partition coefficient (Wildman–Crippen LogP) is 3.96. The summed E-state index contributed by atoms with van der Waals surface area (Å²) in [5.41, 5.74) is 1.37. The molecule has 4 heteroatoms. The lowest BCUT2D eigenvalue weighted by atomic mass is 9.76. The van der Waals surface area contributed by atoms with Crippen molar-refractivity contribution in [2.45, 2.75) is 58.5 Å². The molecular weight excluding hydrogens is 266 g/mol. The van der Waals surface area contributed by atoms with Gasteiger partial charge in [-0.25, -0.2) is 9.97 Å². The van der Waals surface area contributed by atoms with Crippen molar-refractivity contribution < 1.29 is 0 Å². The van der Waals surface area contributed by atoms with Gasteiger partial charge in [0.2, 0.25) is 0 Å². The molecule has 108 valence electrons. The van der Waals surface area contributed by atoms with E-state index in [9.17, 15) is 0 Å². The Kier molecular flexibility index (Phi) is 3.55. The maximum absolute atomic E-state index is 4.78.